The average molecular weight is 733 g/mol. The van der Waals surface area contributed by atoms with Gasteiger partial charge in [0.25, 0.3) is 23.6 Å². The molecule has 0 saturated carbocycles. The Morgan fingerprint density at radius 3 is 0.661 bits per heavy atom. The Morgan fingerprint density at radius 1 is 0.268 bits per heavy atom. The minimum Gasteiger partial charge on any atom is -0.348 e. The molecule has 0 aliphatic carbocycles. The van der Waals surface area contributed by atoms with Gasteiger partial charge in [-0.3, -0.25) is 19.2 Å². The Balaban J connectivity index is 1.14. The second-order valence-corrected chi connectivity index (χ2v) is 14.0. The Bertz CT molecular complexity index is 2420. The van der Waals surface area contributed by atoms with Crippen LogP contribution in [0.5, 0.6) is 0 Å². The van der Waals surface area contributed by atoms with Crippen LogP contribution in [0.15, 0.2) is 146 Å². The van der Waals surface area contributed by atoms with Gasteiger partial charge < -0.3 is 21.3 Å². The van der Waals surface area contributed by atoms with E-state index in [1.165, 1.54) is 0 Å². The van der Waals surface area contributed by atoms with E-state index < -0.39 is 0 Å². The molecule has 0 saturated heterocycles. The highest BCUT2D eigenvalue weighted by Gasteiger charge is 2.20. The number of rotatable bonds is 0. The highest BCUT2D eigenvalue weighted by molar-refractivity contribution is 6.09. The smallest absolute Gasteiger partial charge is 0.251 e. The van der Waals surface area contributed by atoms with Gasteiger partial charge in [-0.05, 0) is 102 Å². The van der Waals surface area contributed by atoms with E-state index in [4.69, 9.17) is 0 Å². The number of hydrogen-bond donors (Lipinski definition) is 4. The molecule has 8 heteroatoms. The van der Waals surface area contributed by atoms with Crippen LogP contribution >= 0.6 is 0 Å². The van der Waals surface area contributed by atoms with E-state index in [9.17, 15) is 19.2 Å². The standard InChI is InChI=1S/C48H36N4O4/c53-45-29-11-9-13-31(23-29)47(55)51-27-43-37-19-5-7-21-39(37)44(40-22-8-6-20-38(40)43)28-52-48(56)32-14-10-12-30(24-32)46(54)50-26-42-34-16-2-1-15-33(34)41(25-49-45)35-17-3-4-18-36(35)42/h1-24H,25-28H2,(H,49,53)(H,50,54)(H,51,55)(H,52,56). The fraction of sp³-hybridized carbons (Fsp3) is 0.0833. The molecule has 8 bridgehead atoms. The van der Waals surface area contributed by atoms with Gasteiger partial charge in [0.2, 0.25) is 0 Å². The Kier molecular flexibility index (Phi) is 8.91. The molecule has 1 heterocycles. The minimum absolute atomic E-state index is 0.244. The van der Waals surface area contributed by atoms with Crippen LogP contribution in [0.1, 0.15) is 63.7 Å². The summed E-state index contributed by atoms with van der Waals surface area (Å²) in [6.45, 7) is 0.976. The molecule has 4 N–H and O–H groups in total. The van der Waals surface area contributed by atoms with Crippen LogP contribution in [-0.2, 0) is 26.2 Å². The molecule has 1 aliphatic heterocycles. The number of hydrogen-bond acceptors (Lipinski definition) is 4. The molecule has 0 spiro atoms. The molecule has 9 rings (SSSR count). The van der Waals surface area contributed by atoms with Crippen molar-refractivity contribution < 1.29 is 19.2 Å². The molecule has 0 radical (unpaired) electrons. The van der Waals surface area contributed by atoms with Crippen molar-refractivity contribution in [3.8, 4) is 0 Å². The van der Waals surface area contributed by atoms with Gasteiger partial charge >= 0.3 is 0 Å². The van der Waals surface area contributed by atoms with Crippen molar-refractivity contribution in [1.82, 2.24) is 21.3 Å². The van der Waals surface area contributed by atoms with Gasteiger partial charge in [0.15, 0.2) is 0 Å². The number of carbonyl (C=O) groups excluding carboxylic acids is 4. The van der Waals surface area contributed by atoms with Gasteiger partial charge in [-0.1, -0.05) is 109 Å². The number of amides is 4. The summed E-state index contributed by atoms with van der Waals surface area (Å²) in [6.07, 6.45) is 0. The Hall–Kier alpha value is -7.32. The lowest BCUT2D eigenvalue weighted by atomic mass is 9.91. The first-order chi connectivity index (χ1) is 27.4. The van der Waals surface area contributed by atoms with Crippen LogP contribution in [0.4, 0.5) is 0 Å². The molecule has 0 aromatic heterocycles. The monoisotopic (exact) mass is 732 g/mol. The normalized spacial score (nSPS) is 14.1. The van der Waals surface area contributed by atoms with Crippen molar-refractivity contribution in [3.05, 3.63) is 190 Å². The number of fused-ring (bicyclic) bond motifs is 10. The van der Waals surface area contributed by atoms with E-state index in [0.29, 0.717) is 22.3 Å². The first kappa shape index (κ1) is 34.4. The fourth-order valence-corrected chi connectivity index (χ4v) is 8.07. The summed E-state index contributed by atoms with van der Waals surface area (Å²) in [5.41, 5.74) is 5.27. The molecule has 1 aliphatic rings. The van der Waals surface area contributed by atoms with Crippen molar-refractivity contribution >= 4 is 66.7 Å². The first-order valence-corrected chi connectivity index (χ1v) is 18.6. The number of benzene rings is 8. The van der Waals surface area contributed by atoms with Gasteiger partial charge in [0.05, 0.1) is 0 Å². The van der Waals surface area contributed by atoms with Crippen LogP contribution in [0.2, 0.25) is 0 Å². The molecule has 0 unspecified atom stereocenters. The minimum atomic E-state index is -0.299. The summed E-state index contributed by atoms with van der Waals surface area (Å²) < 4.78 is 0. The molecule has 0 fully saturated rings. The molecule has 8 aromatic carbocycles. The summed E-state index contributed by atoms with van der Waals surface area (Å²) in [6, 6.07) is 45.4. The Labute approximate surface area is 322 Å². The third kappa shape index (κ3) is 6.27. The largest absolute Gasteiger partial charge is 0.348 e. The number of nitrogens with one attached hydrogen (secondary N) is 4. The van der Waals surface area contributed by atoms with Crippen molar-refractivity contribution in [1.29, 1.82) is 0 Å². The van der Waals surface area contributed by atoms with Gasteiger partial charge in [0, 0.05) is 48.4 Å². The zero-order valence-corrected chi connectivity index (χ0v) is 30.3. The van der Waals surface area contributed by atoms with Crippen molar-refractivity contribution in [3.63, 3.8) is 0 Å². The second-order valence-electron chi connectivity index (χ2n) is 14.0. The van der Waals surface area contributed by atoms with E-state index >= 15 is 0 Å². The topological polar surface area (TPSA) is 116 Å². The molecule has 272 valence electrons. The summed E-state index contributed by atoms with van der Waals surface area (Å²) in [4.78, 5) is 54.8. The van der Waals surface area contributed by atoms with Gasteiger partial charge in [-0.2, -0.15) is 0 Å². The van der Waals surface area contributed by atoms with Gasteiger partial charge in [-0.25, -0.2) is 0 Å². The van der Waals surface area contributed by atoms with Gasteiger partial charge in [-0.15, -0.1) is 0 Å². The SMILES string of the molecule is O=C1NCc2c3ccccc3c(c3ccccc23)CNC(=O)c2cccc(c2)C(=O)NCc2c3ccccc3c(c3ccccc23)CNC(=O)c2cccc1c2. The third-order valence-corrected chi connectivity index (χ3v) is 10.8. The molecule has 4 amide bonds. The summed E-state index contributed by atoms with van der Waals surface area (Å²) >= 11 is 0. The first-order valence-electron chi connectivity index (χ1n) is 18.6. The predicted molar refractivity (Wildman–Crippen MR) is 220 cm³/mol. The van der Waals surface area contributed by atoms with Crippen LogP contribution in [0.3, 0.4) is 0 Å². The zero-order valence-electron chi connectivity index (χ0n) is 30.3. The van der Waals surface area contributed by atoms with E-state index in [1.807, 2.05) is 97.1 Å². The lowest BCUT2D eigenvalue weighted by Crippen LogP contribution is -2.26. The zero-order chi connectivity index (χ0) is 38.2. The van der Waals surface area contributed by atoms with Crippen LogP contribution in [0.25, 0.3) is 43.1 Å². The van der Waals surface area contributed by atoms with Crippen molar-refractivity contribution in [2.75, 3.05) is 0 Å². The maximum absolute atomic E-state index is 13.7. The maximum Gasteiger partial charge on any atom is 0.251 e. The highest BCUT2D eigenvalue weighted by atomic mass is 16.2. The van der Waals surface area contributed by atoms with E-state index in [-0.39, 0.29) is 49.8 Å². The quantitative estimate of drug-likeness (QED) is 0.117. The predicted octanol–water partition coefficient (Wildman–Crippen LogP) is 8.33. The van der Waals surface area contributed by atoms with Crippen LogP contribution in [0, 0.1) is 0 Å². The lowest BCUT2D eigenvalue weighted by molar-refractivity contribution is 0.0935. The highest BCUT2D eigenvalue weighted by Crippen LogP contribution is 2.35. The fourth-order valence-electron chi connectivity index (χ4n) is 8.07. The summed E-state index contributed by atoms with van der Waals surface area (Å²) in [5.74, 6) is -1.19. The molecule has 8 aromatic rings. The summed E-state index contributed by atoms with van der Waals surface area (Å²) in [7, 11) is 0. The third-order valence-electron chi connectivity index (χ3n) is 10.8. The molecular weight excluding hydrogens is 697 g/mol. The Morgan fingerprint density at radius 2 is 0.464 bits per heavy atom. The molecular formula is C48H36N4O4. The molecule has 56 heavy (non-hydrogen) atoms. The van der Waals surface area contributed by atoms with Crippen LogP contribution in [-0.4, -0.2) is 23.6 Å². The average Bonchev–Trinajstić information content (AvgIpc) is 3.25. The maximum atomic E-state index is 13.7. The number of carbonyl (C=O) groups is 4. The second kappa shape index (κ2) is 14.5. The van der Waals surface area contributed by atoms with Crippen LogP contribution < -0.4 is 21.3 Å². The molecule has 0 atom stereocenters. The van der Waals surface area contributed by atoms with E-state index in [0.717, 1.165) is 65.3 Å². The van der Waals surface area contributed by atoms with Crippen molar-refractivity contribution in [2.24, 2.45) is 0 Å². The van der Waals surface area contributed by atoms with Gasteiger partial charge in [0.1, 0.15) is 0 Å². The lowest BCUT2D eigenvalue weighted by Gasteiger charge is -2.19. The molecule has 8 nitrogen and oxygen atoms in total. The van der Waals surface area contributed by atoms with Crippen molar-refractivity contribution in [2.45, 2.75) is 26.2 Å². The van der Waals surface area contributed by atoms with E-state index in [2.05, 4.69) is 21.3 Å². The summed E-state index contributed by atoms with van der Waals surface area (Å²) in [5, 5.41) is 20.1. The van der Waals surface area contributed by atoms with E-state index in [1.54, 1.807) is 48.5 Å².